The number of piperidine rings is 1. The van der Waals surface area contributed by atoms with Crippen molar-refractivity contribution in [1.29, 1.82) is 0 Å². The maximum Gasteiger partial charge on any atom is 0.255 e. The van der Waals surface area contributed by atoms with Gasteiger partial charge in [0.2, 0.25) is 0 Å². The number of likely N-dealkylation sites (tertiary alicyclic amines) is 1. The highest BCUT2D eigenvalue weighted by molar-refractivity contribution is 5.94. The number of methoxy groups -OCH3 is 1. The van der Waals surface area contributed by atoms with E-state index in [9.17, 15) is 4.79 Å². The minimum absolute atomic E-state index is 0.0501. The molecule has 0 radical (unpaired) electrons. The molecule has 3 rings (SSSR count). The second-order valence-electron chi connectivity index (χ2n) is 4.69. The predicted molar refractivity (Wildman–Crippen MR) is 60.4 cm³/mol. The van der Waals surface area contributed by atoms with Crippen molar-refractivity contribution in [3.63, 3.8) is 0 Å². The van der Waals surface area contributed by atoms with E-state index in [1.165, 1.54) is 12.6 Å². The Balaban J connectivity index is 1.81. The lowest BCUT2D eigenvalue weighted by atomic mass is 10.1. The number of hydrogen-bond acceptors (Lipinski definition) is 4. The van der Waals surface area contributed by atoms with Crippen LogP contribution in [0.5, 0.6) is 0 Å². The van der Waals surface area contributed by atoms with Gasteiger partial charge in [-0.25, -0.2) is 0 Å². The lowest BCUT2D eigenvalue weighted by molar-refractivity contribution is 0.0545. The molecule has 0 aromatic carbocycles. The molecule has 2 fully saturated rings. The van der Waals surface area contributed by atoms with E-state index in [1.807, 2.05) is 4.90 Å². The standard InChI is InChI=1S/C12H15N3O2/c1-17-11-9-2-3-10(11)15(7-9)12(16)8-4-5-13-14-6-8/h4-6,9-11H,2-3,7H2,1H3/t9-,10+,11-/m0/s1. The van der Waals surface area contributed by atoms with Crippen LogP contribution in [0.4, 0.5) is 0 Å². The number of rotatable bonds is 2. The minimum Gasteiger partial charge on any atom is -0.379 e. The molecule has 1 amide bonds. The summed E-state index contributed by atoms with van der Waals surface area (Å²) < 4.78 is 5.49. The van der Waals surface area contributed by atoms with Crippen molar-refractivity contribution in [2.45, 2.75) is 25.0 Å². The Labute approximate surface area is 99.8 Å². The molecule has 3 atom stereocenters. The molecule has 1 aliphatic carbocycles. The van der Waals surface area contributed by atoms with Crippen LogP contribution in [0, 0.1) is 5.92 Å². The van der Waals surface area contributed by atoms with Crippen molar-refractivity contribution in [3.05, 3.63) is 24.0 Å². The van der Waals surface area contributed by atoms with Crippen molar-refractivity contribution in [2.24, 2.45) is 5.92 Å². The molecule has 2 aliphatic rings. The van der Waals surface area contributed by atoms with Crippen LogP contribution in [0.1, 0.15) is 23.2 Å². The van der Waals surface area contributed by atoms with Crippen molar-refractivity contribution < 1.29 is 9.53 Å². The highest BCUT2D eigenvalue weighted by Crippen LogP contribution is 2.40. The van der Waals surface area contributed by atoms with E-state index in [0.717, 1.165) is 13.0 Å². The van der Waals surface area contributed by atoms with Gasteiger partial charge < -0.3 is 9.64 Å². The van der Waals surface area contributed by atoms with Gasteiger partial charge in [-0.15, -0.1) is 0 Å². The highest BCUT2D eigenvalue weighted by atomic mass is 16.5. The van der Waals surface area contributed by atoms with Gasteiger partial charge >= 0.3 is 0 Å². The SMILES string of the molecule is CO[C@H]1[C@H]2CC[C@H]1N(C(=O)c1ccnnc1)C2. The molecule has 1 aromatic heterocycles. The zero-order valence-corrected chi connectivity index (χ0v) is 9.74. The number of amides is 1. The van der Waals surface area contributed by atoms with E-state index in [0.29, 0.717) is 11.5 Å². The molecule has 5 heteroatoms. The normalized spacial score (nSPS) is 30.9. The average molecular weight is 233 g/mol. The number of ether oxygens (including phenoxy) is 1. The highest BCUT2D eigenvalue weighted by Gasteiger charge is 2.49. The van der Waals surface area contributed by atoms with Crippen molar-refractivity contribution in [1.82, 2.24) is 15.1 Å². The first-order valence-electron chi connectivity index (χ1n) is 5.91. The van der Waals surface area contributed by atoms with E-state index in [4.69, 9.17) is 4.74 Å². The predicted octanol–water partition coefficient (Wildman–Crippen LogP) is 0.726. The Bertz CT molecular complexity index is 423. The third kappa shape index (κ3) is 1.61. The number of hydrogen-bond donors (Lipinski definition) is 0. The van der Waals surface area contributed by atoms with Gasteiger partial charge in [-0.1, -0.05) is 0 Å². The molecule has 2 bridgehead atoms. The summed E-state index contributed by atoms with van der Waals surface area (Å²) in [5.41, 5.74) is 0.613. The Kier molecular flexibility index (Phi) is 2.55. The smallest absolute Gasteiger partial charge is 0.255 e. The molecule has 1 aromatic rings. The van der Waals surface area contributed by atoms with Gasteiger partial charge in [0.1, 0.15) is 0 Å². The Morgan fingerprint density at radius 1 is 1.47 bits per heavy atom. The van der Waals surface area contributed by atoms with E-state index in [1.54, 1.807) is 19.4 Å². The maximum absolute atomic E-state index is 12.3. The molecule has 90 valence electrons. The van der Waals surface area contributed by atoms with Crippen molar-refractivity contribution in [2.75, 3.05) is 13.7 Å². The number of carbonyl (C=O) groups excluding carboxylic acids is 1. The molecular weight excluding hydrogens is 218 g/mol. The molecule has 1 aliphatic heterocycles. The number of aromatic nitrogens is 2. The van der Waals surface area contributed by atoms with Crippen LogP contribution < -0.4 is 0 Å². The van der Waals surface area contributed by atoms with Gasteiger partial charge in [-0.3, -0.25) is 4.79 Å². The van der Waals surface area contributed by atoms with E-state index in [2.05, 4.69) is 10.2 Å². The summed E-state index contributed by atoms with van der Waals surface area (Å²) in [6, 6.07) is 1.95. The minimum atomic E-state index is 0.0501. The summed E-state index contributed by atoms with van der Waals surface area (Å²) in [6.07, 6.45) is 5.51. The fraction of sp³-hybridized carbons (Fsp3) is 0.583. The number of fused-ring (bicyclic) bond motifs is 2. The topological polar surface area (TPSA) is 55.3 Å². The Morgan fingerprint density at radius 3 is 3.00 bits per heavy atom. The zero-order chi connectivity index (χ0) is 11.8. The van der Waals surface area contributed by atoms with Gasteiger partial charge in [0.25, 0.3) is 5.91 Å². The van der Waals surface area contributed by atoms with Crippen LogP contribution in [-0.2, 0) is 4.74 Å². The van der Waals surface area contributed by atoms with E-state index in [-0.39, 0.29) is 18.1 Å². The molecule has 0 spiro atoms. The summed E-state index contributed by atoms with van der Waals surface area (Å²) in [6.45, 7) is 0.810. The quantitative estimate of drug-likeness (QED) is 0.755. The third-order valence-corrected chi connectivity index (χ3v) is 3.87. The van der Waals surface area contributed by atoms with E-state index >= 15 is 0 Å². The summed E-state index contributed by atoms with van der Waals surface area (Å²) >= 11 is 0. The monoisotopic (exact) mass is 233 g/mol. The molecule has 5 nitrogen and oxygen atoms in total. The number of nitrogens with zero attached hydrogens (tertiary/aromatic N) is 3. The van der Waals surface area contributed by atoms with Crippen LogP contribution in [-0.4, -0.2) is 46.8 Å². The van der Waals surface area contributed by atoms with Gasteiger partial charge in [0, 0.05) is 19.6 Å². The van der Waals surface area contributed by atoms with E-state index < -0.39 is 0 Å². The third-order valence-electron chi connectivity index (χ3n) is 3.87. The van der Waals surface area contributed by atoms with Gasteiger partial charge in [-0.2, -0.15) is 10.2 Å². The van der Waals surface area contributed by atoms with Gasteiger partial charge in [0.15, 0.2) is 0 Å². The summed E-state index contributed by atoms with van der Waals surface area (Å²) in [5.74, 6) is 0.554. The van der Waals surface area contributed by atoms with Crippen LogP contribution in [0.15, 0.2) is 18.5 Å². The van der Waals surface area contributed by atoms with Crippen LogP contribution in [0.25, 0.3) is 0 Å². The zero-order valence-electron chi connectivity index (χ0n) is 9.74. The second-order valence-corrected chi connectivity index (χ2v) is 4.69. The first-order chi connectivity index (χ1) is 8.31. The van der Waals surface area contributed by atoms with Gasteiger partial charge in [0.05, 0.1) is 30.1 Å². The molecular formula is C12H15N3O2. The largest absolute Gasteiger partial charge is 0.379 e. The first kappa shape index (κ1) is 10.7. The van der Waals surface area contributed by atoms with Gasteiger partial charge in [-0.05, 0) is 18.9 Å². The lowest BCUT2D eigenvalue weighted by Crippen LogP contribution is -2.39. The molecule has 0 N–H and O–H groups in total. The van der Waals surface area contributed by atoms with Crippen molar-refractivity contribution >= 4 is 5.91 Å². The average Bonchev–Trinajstić information content (AvgIpc) is 2.95. The second kappa shape index (κ2) is 4.07. The van der Waals surface area contributed by atoms with Crippen molar-refractivity contribution in [3.8, 4) is 0 Å². The maximum atomic E-state index is 12.3. The molecule has 2 heterocycles. The fourth-order valence-corrected chi connectivity index (χ4v) is 3.11. The molecule has 17 heavy (non-hydrogen) atoms. The fourth-order valence-electron chi connectivity index (χ4n) is 3.11. The molecule has 1 saturated heterocycles. The van der Waals surface area contributed by atoms with Crippen LogP contribution in [0.2, 0.25) is 0 Å². The molecule has 1 saturated carbocycles. The summed E-state index contributed by atoms with van der Waals surface area (Å²) in [4.78, 5) is 14.2. The molecule has 0 unspecified atom stereocenters. The Hall–Kier alpha value is -1.49. The summed E-state index contributed by atoms with van der Waals surface area (Å²) in [7, 11) is 1.73. The Morgan fingerprint density at radius 2 is 2.35 bits per heavy atom. The summed E-state index contributed by atoms with van der Waals surface area (Å²) in [5, 5.41) is 7.44. The number of carbonyl (C=O) groups is 1. The van der Waals surface area contributed by atoms with Crippen LogP contribution in [0.3, 0.4) is 0 Å². The first-order valence-corrected chi connectivity index (χ1v) is 5.91. The van der Waals surface area contributed by atoms with Crippen LogP contribution >= 0.6 is 0 Å². The lowest BCUT2D eigenvalue weighted by Gasteiger charge is -2.27.